The predicted octanol–water partition coefficient (Wildman–Crippen LogP) is 2.16. The molecule has 4 nitrogen and oxygen atoms in total. The highest BCUT2D eigenvalue weighted by molar-refractivity contribution is 7.98. The monoisotopic (exact) mass is 319 g/mol. The molecule has 1 aromatic rings. The van der Waals surface area contributed by atoms with Crippen LogP contribution in [0.4, 0.5) is 0 Å². The van der Waals surface area contributed by atoms with E-state index in [4.69, 9.17) is 0 Å². The molecule has 0 radical (unpaired) electrons. The van der Waals surface area contributed by atoms with Crippen LogP contribution in [-0.4, -0.2) is 47.7 Å². The molecule has 2 aliphatic rings. The number of nitrogens with zero attached hydrogens (tertiary/aromatic N) is 2. The van der Waals surface area contributed by atoms with Crippen molar-refractivity contribution in [2.75, 3.05) is 31.9 Å². The molecule has 120 valence electrons. The molecule has 3 rings (SSSR count). The molecule has 2 fully saturated rings. The zero-order valence-electron chi connectivity index (χ0n) is 13.0. The highest BCUT2D eigenvalue weighted by Crippen LogP contribution is 2.27. The topological polar surface area (TPSA) is 45.2 Å². The third-order valence-electron chi connectivity index (χ3n) is 4.81. The van der Waals surface area contributed by atoms with Crippen molar-refractivity contribution in [1.29, 1.82) is 0 Å². The quantitative estimate of drug-likeness (QED) is 0.845. The van der Waals surface area contributed by atoms with Gasteiger partial charge in [-0.05, 0) is 49.9 Å². The number of hydrogen-bond acceptors (Lipinski definition) is 4. The van der Waals surface area contributed by atoms with Gasteiger partial charge in [-0.25, -0.2) is 0 Å². The lowest BCUT2D eigenvalue weighted by molar-refractivity contribution is -0.130. The lowest BCUT2D eigenvalue weighted by Crippen LogP contribution is -2.32. The third-order valence-corrected chi connectivity index (χ3v) is 5.80. The van der Waals surface area contributed by atoms with E-state index in [0.29, 0.717) is 12.3 Å². The second kappa shape index (κ2) is 7.97. The number of carbonyl (C=O) groups is 1. The molecule has 22 heavy (non-hydrogen) atoms. The summed E-state index contributed by atoms with van der Waals surface area (Å²) in [5.74, 6) is 3.69. The van der Waals surface area contributed by atoms with E-state index in [0.717, 1.165) is 55.2 Å². The van der Waals surface area contributed by atoms with Crippen LogP contribution in [0, 0.1) is 11.8 Å². The summed E-state index contributed by atoms with van der Waals surface area (Å²) >= 11 is 1.80. The Morgan fingerprint density at radius 3 is 2.73 bits per heavy atom. The second-order valence-electron chi connectivity index (χ2n) is 6.26. The summed E-state index contributed by atoms with van der Waals surface area (Å²) in [6.45, 7) is 4.19. The van der Waals surface area contributed by atoms with E-state index in [1.807, 2.05) is 24.4 Å². The van der Waals surface area contributed by atoms with Gasteiger partial charge in [-0.3, -0.25) is 9.78 Å². The van der Waals surface area contributed by atoms with Gasteiger partial charge in [0.2, 0.25) is 5.91 Å². The molecule has 2 atom stereocenters. The number of fused-ring (bicyclic) bond motifs is 1. The lowest BCUT2D eigenvalue weighted by atomic mass is 9.92. The molecule has 1 aromatic heterocycles. The molecule has 5 heteroatoms. The van der Waals surface area contributed by atoms with Gasteiger partial charge in [-0.1, -0.05) is 6.07 Å². The van der Waals surface area contributed by atoms with Gasteiger partial charge in [0.1, 0.15) is 0 Å². The van der Waals surface area contributed by atoms with Crippen molar-refractivity contribution in [1.82, 2.24) is 15.2 Å². The molecule has 0 saturated carbocycles. The Labute approximate surface area is 137 Å². The molecule has 1 N–H and O–H groups in total. The first kappa shape index (κ1) is 15.8. The molecule has 0 unspecified atom stereocenters. The number of carbonyl (C=O) groups excluding carboxylic acids is 1. The molecular formula is C17H25N3OS. The van der Waals surface area contributed by atoms with Gasteiger partial charge in [0.05, 0.1) is 5.69 Å². The van der Waals surface area contributed by atoms with E-state index in [1.165, 1.54) is 12.8 Å². The van der Waals surface area contributed by atoms with Crippen molar-refractivity contribution >= 4 is 17.7 Å². The molecule has 2 aliphatic heterocycles. The minimum Gasteiger partial charge on any atom is -0.343 e. The Morgan fingerprint density at radius 1 is 1.27 bits per heavy atom. The van der Waals surface area contributed by atoms with E-state index >= 15 is 0 Å². The standard InChI is InChI=1S/C17H25N3OS/c21-17(6-10-22-13-16-3-1-2-7-19-16)20-8-4-14-11-18-12-15(14)5-9-20/h1-3,7,14-15,18H,4-6,8-13H2/t14-,15+. The van der Waals surface area contributed by atoms with Crippen LogP contribution in [-0.2, 0) is 10.5 Å². The number of aromatic nitrogens is 1. The number of thioether (sulfide) groups is 1. The Hall–Kier alpha value is -1.07. The number of likely N-dealkylation sites (tertiary alicyclic amines) is 1. The van der Waals surface area contributed by atoms with E-state index in [2.05, 4.69) is 15.2 Å². The van der Waals surface area contributed by atoms with Crippen LogP contribution in [0.15, 0.2) is 24.4 Å². The average Bonchev–Trinajstić information content (AvgIpc) is 2.91. The molecule has 2 saturated heterocycles. The zero-order valence-corrected chi connectivity index (χ0v) is 13.9. The number of pyridine rings is 1. The van der Waals surface area contributed by atoms with Crippen LogP contribution in [0.25, 0.3) is 0 Å². The maximum absolute atomic E-state index is 12.4. The number of rotatable bonds is 5. The van der Waals surface area contributed by atoms with Gasteiger partial charge in [0, 0.05) is 37.2 Å². The van der Waals surface area contributed by atoms with Gasteiger partial charge in [-0.2, -0.15) is 11.8 Å². The minimum atomic E-state index is 0.335. The molecule has 3 heterocycles. The fraction of sp³-hybridized carbons (Fsp3) is 0.647. The van der Waals surface area contributed by atoms with Crippen LogP contribution in [0.1, 0.15) is 25.0 Å². The van der Waals surface area contributed by atoms with Crippen molar-refractivity contribution in [3.05, 3.63) is 30.1 Å². The molecular weight excluding hydrogens is 294 g/mol. The summed E-state index contributed by atoms with van der Waals surface area (Å²) in [5, 5.41) is 3.48. The maximum Gasteiger partial charge on any atom is 0.223 e. The van der Waals surface area contributed by atoms with E-state index in [1.54, 1.807) is 11.8 Å². The Balaban J connectivity index is 1.37. The van der Waals surface area contributed by atoms with Crippen molar-refractivity contribution in [2.24, 2.45) is 11.8 Å². The van der Waals surface area contributed by atoms with Crippen molar-refractivity contribution in [3.8, 4) is 0 Å². The van der Waals surface area contributed by atoms with E-state index in [9.17, 15) is 4.79 Å². The SMILES string of the molecule is O=C(CCSCc1ccccn1)N1CC[C@@H]2CNC[C@@H]2CC1. The molecule has 0 aliphatic carbocycles. The largest absolute Gasteiger partial charge is 0.343 e. The van der Waals surface area contributed by atoms with Crippen molar-refractivity contribution < 1.29 is 4.79 Å². The summed E-state index contributed by atoms with van der Waals surface area (Å²) in [7, 11) is 0. The molecule has 0 aromatic carbocycles. The number of amides is 1. The fourth-order valence-electron chi connectivity index (χ4n) is 3.45. The average molecular weight is 319 g/mol. The predicted molar refractivity (Wildman–Crippen MR) is 90.7 cm³/mol. The summed E-state index contributed by atoms with van der Waals surface area (Å²) in [4.78, 5) is 18.8. The molecule has 0 spiro atoms. The van der Waals surface area contributed by atoms with Crippen LogP contribution in [0.2, 0.25) is 0 Å². The van der Waals surface area contributed by atoms with Gasteiger partial charge in [0.15, 0.2) is 0 Å². The van der Waals surface area contributed by atoms with Gasteiger partial charge in [0.25, 0.3) is 0 Å². The lowest BCUT2D eigenvalue weighted by Gasteiger charge is -2.20. The van der Waals surface area contributed by atoms with Crippen molar-refractivity contribution in [2.45, 2.75) is 25.0 Å². The van der Waals surface area contributed by atoms with E-state index < -0.39 is 0 Å². The van der Waals surface area contributed by atoms with Crippen LogP contribution in [0.3, 0.4) is 0 Å². The fourth-order valence-corrected chi connectivity index (χ4v) is 4.29. The van der Waals surface area contributed by atoms with Crippen LogP contribution < -0.4 is 5.32 Å². The third kappa shape index (κ3) is 4.23. The van der Waals surface area contributed by atoms with Crippen molar-refractivity contribution in [3.63, 3.8) is 0 Å². The Kier molecular flexibility index (Phi) is 5.73. The summed E-state index contributed by atoms with van der Waals surface area (Å²) < 4.78 is 0. The van der Waals surface area contributed by atoms with Gasteiger partial charge < -0.3 is 10.2 Å². The highest BCUT2D eigenvalue weighted by Gasteiger charge is 2.31. The Morgan fingerprint density at radius 2 is 2.05 bits per heavy atom. The zero-order chi connectivity index (χ0) is 15.2. The normalized spacial score (nSPS) is 24.8. The summed E-state index contributed by atoms with van der Waals surface area (Å²) in [6, 6.07) is 5.98. The smallest absolute Gasteiger partial charge is 0.223 e. The summed E-state index contributed by atoms with van der Waals surface area (Å²) in [5.41, 5.74) is 1.09. The molecule has 1 amide bonds. The Bertz CT molecular complexity index is 468. The van der Waals surface area contributed by atoms with Gasteiger partial charge >= 0.3 is 0 Å². The second-order valence-corrected chi connectivity index (χ2v) is 7.37. The number of hydrogen-bond donors (Lipinski definition) is 1. The first-order valence-corrected chi connectivity index (χ1v) is 9.44. The van der Waals surface area contributed by atoms with E-state index in [-0.39, 0.29) is 0 Å². The van der Waals surface area contributed by atoms with Gasteiger partial charge in [-0.15, -0.1) is 0 Å². The maximum atomic E-state index is 12.4. The minimum absolute atomic E-state index is 0.335. The first-order chi connectivity index (χ1) is 10.8. The van der Waals surface area contributed by atoms with Crippen LogP contribution in [0.5, 0.6) is 0 Å². The highest BCUT2D eigenvalue weighted by atomic mass is 32.2. The first-order valence-electron chi connectivity index (χ1n) is 8.29. The summed E-state index contributed by atoms with van der Waals surface area (Å²) in [6.07, 6.45) is 4.82. The number of nitrogens with one attached hydrogen (secondary N) is 1. The molecule has 0 bridgehead atoms. The van der Waals surface area contributed by atoms with Crippen LogP contribution >= 0.6 is 11.8 Å².